The third-order valence-electron chi connectivity index (χ3n) is 4.24. The Morgan fingerprint density at radius 3 is 2.54 bits per heavy atom. The van der Waals surface area contributed by atoms with Crippen LogP contribution in [0.5, 0.6) is 0 Å². The van der Waals surface area contributed by atoms with E-state index >= 15 is 0 Å². The lowest BCUT2D eigenvalue weighted by Crippen LogP contribution is -2.51. The third-order valence-corrected chi connectivity index (χ3v) is 4.61. The molecular formula is C18H26ClN3O2. The van der Waals surface area contributed by atoms with Crippen molar-refractivity contribution < 1.29 is 9.59 Å². The quantitative estimate of drug-likeness (QED) is 0.764. The van der Waals surface area contributed by atoms with E-state index in [-0.39, 0.29) is 11.8 Å². The summed E-state index contributed by atoms with van der Waals surface area (Å²) in [5.74, 6) is 0.162. The number of halogens is 1. The summed E-state index contributed by atoms with van der Waals surface area (Å²) in [6.07, 6.45) is 2.42. The number of hydrogen-bond donors (Lipinski definition) is 1. The smallest absolute Gasteiger partial charge is 0.234 e. The van der Waals surface area contributed by atoms with E-state index in [1.807, 2.05) is 23.1 Å². The number of carbonyl (C=O) groups excluding carboxylic acids is 2. The van der Waals surface area contributed by atoms with Gasteiger partial charge >= 0.3 is 0 Å². The molecule has 1 saturated heterocycles. The summed E-state index contributed by atoms with van der Waals surface area (Å²) >= 11 is 6.12. The summed E-state index contributed by atoms with van der Waals surface area (Å²) in [6, 6.07) is 7.45. The second-order valence-corrected chi connectivity index (χ2v) is 6.54. The summed E-state index contributed by atoms with van der Waals surface area (Å²) in [5.41, 5.74) is 0.863. The number of rotatable bonds is 7. The lowest BCUT2D eigenvalue weighted by Gasteiger charge is -2.34. The fourth-order valence-electron chi connectivity index (χ4n) is 2.74. The first kappa shape index (κ1) is 18.7. The Labute approximate surface area is 149 Å². The van der Waals surface area contributed by atoms with Gasteiger partial charge in [0.05, 0.1) is 13.0 Å². The zero-order valence-electron chi connectivity index (χ0n) is 14.3. The second-order valence-electron chi connectivity index (χ2n) is 6.13. The lowest BCUT2D eigenvalue weighted by molar-refractivity contribution is -0.132. The third kappa shape index (κ3) is 5.80. The highest BCUT2D eigenvalue weighted by Gasteiger charge is 2.22. The van der Waals surface area contributed by atoms with E-state index in [2.05, 4.69) is 17.1 Å². The van der Waals surface area contributed by atoms with Gasteiger partial charge < -0.3 is 10.2 Å². The van der Waals surface area contributed by atoms with Crippen LogP contribution in [0.1, 0.15) is 25.3 Å². The lowest BCUT2D eigenvalue weighted by atomic mass is 10.1. The number of hydrogen-bond acceptors (Lipinski definition) is 3. The highest BCUT2D eigenvalue weighted by atomic mass is 35.5. The molecule has 1 aliphatic heterocycles. The van der Waals surface area contributed by atoms with Gasteiger partial charge in [-0.15, -0.1) is 0 Å². The Bertz CT molecular complexity index is 557. The molecule has 24 heavy (non-hydrogen) atoms. The van der Waals surface area contributed by atoms with Crippen LogP contribution in [0, 0.1) is 0 Å². The SMILES string of the molecule is CCCCNC(=O)CN1CCN(C(=O)Cc2ccccc2Cl)CC1. The zero-order chi connectivity index (χ0) is 17.4. The Morgan fingerprint density at radius 2 is 1.88 bits per heavy atom. The average Bonchev–Trinajstić information content (AvgIpc) is 2.58. The van der Waals surface area contributed by atoms with Gasteiger partial charge in [0.15, 0.2) is 0 Å². The van der Waals surface area contributed by atoms with Gasteiger partial charge in [0.1, 0.15) is 0 Å². The van der Waals surface area contributed by atoms with Crippen LogP contribution >= 0.6 is 11.6 Å². The summed E-state index contributed by atoms with van der Waals surface area (Å²) in [7, 11) is 0. The number of amides is 2. The molecule has 0 atom stereocenters. The first-order valence-corrected chi connectivity index (χ1v) is 8.98. The molecule has 1 aromatic rings. The van der Waals surface area contributed by atoms with Crippen LogP contribution in [0.2, 0.25) is 5.02 Å². The van der Waals surface area contributed by atoms with Crippen LogP contribution in [-0.2, 0) is 16.0 Å². The number of nitrogens with zero attached hydrogens (tertiary/aromatic N) is 2. The minimum Gasteiger partial charge on any atom is -0.355 e. The van der Waals surface area contributed by atoms with Gasteiger partial charge in [0.25, 0.3) is 0 Å². The number of unbranched alkanes of at least 4 members (excludes halogenated alkanes) is 1. The number of benzene rings is 1. The van der Waals surface area contributed by atoms with Crippen LogP contribution < -0.4 is 5.32 Å². The van der Waals surface area contributed by atoms with E-state index < -0.39 is 0 Å². The molecule has 1 heterocycles. The van der Waals surface area contributed by atoms with Gasteiger partial charge in [-0.25, -0.2) is 0 Å². The fourth-order valence-corrected chi connectivity index (χ4v) is 2.94. The first-order valence-electron chi connectivity index (χ1n) is 8.60. The van der Waals surface area contributed by atoms with Gasteiger partial charge in [0.2, 0.25) is 11.8 Å². The molecule has 0 saturated carbocycles. The average molecular weight is 352 g/mol. The highest BCUT2D eigenvalue weighted by Crippen LogP contribution is 2.16. The number of nitrogens with one attached hydrogen (secondary N) is 1. The maximum absolute atomic E-state index is 12.4. The van der Waals surface area contributed by atoms with Crippen LogP contribution in [0.3, 0.4) is 0 Å². The molecule has 1 aromatic carbocycles. The van der Waals surface area contributed by atoms with E-state index in [4.69, 9.17) is 11.6 Å². The van der Waals surface area contributed by atoms with Crippen molar-refractivity contribution in [3.63, 3.8) is 0 Å². The summed E-state index contributed by atoms with van der Waals surface area (Å²) in [6.45, 7) is 6.04. The van der Waals surface area contributed by atoms with Crippen molar-refractivity contribution in [1.29, 1.82) is 0 Å². The topological polar surface area (TPSA) is 52.7 Å². The van der Waals surface area contributed by atoms with Gasteiger partial charge in [-0.1, -0.05) is 43.1 Å². The zero-order valence-corrected chi connectivity index (χ0v) is 15.0. The van der Waals surface area contributed by atoms with E-state index in [0.717, 1.165) is 38.0 Å². The summed E-state index contributed by atoms with van der Waals surface area (Å²) < 4.78 is 0. The van der Waals surface area contributed by atoms with E-state index in [0.29, 0.717) is 31.1 Å². The minimum atomic E-state index is 0.0688. The maximum Gasteiger partial charge on any atom is 0.234 e. The van der Waals surface area contributed by atoms with Crippen LogP contribution in [-0.4, -0.2) is 60.9 Å². The predicted molar refractivity (Wildman–Crippen MR) is 96.1 cm³/mol. The van der Waals surface area contributed by atoms with Crippen molar-refractivity contribution in [1.82, 2.24) is 15.1 Å². The molecule has 132 valence electrons. The van der Waals surface area contributed by atoms with Crippen molar-refractivity contribution in [2.75, 3.05) is 39.3 Å². The molecular weight excluding hydrogens is 326 g/mol. The van der Waals surface area contributed by atoms with E-state index in [1.54, 1.807) is 6.07 Å². The van der Waals surface area contributed by atoms with E-state index in [9.17, 15) is 9.59 Å². The van der Waals surface area contributed by atoms with Gasteiger partial charge in [-0.05, 0) is 18.1 Å². The minimum absolute atomic E-state index is 0.0688. The summed E-state index contributed by atoms with van der Waals surface area (Å²) in [5, 5.41) is 3.56. The maximum atomic E-state index is 12.4. The van der Waals surface area contributed by atoms with Crippen molar-refractivity contribution >= 4 is 23.4 Å². The largest absolute Gasteiger partial charge is 0.355 e. The van der Waals surface area contributed by atoms with E-state index in [1.165, 1.54) is 0 Å². The molecule has 0 aromatic heterocycles. The Kier molecular flexibility index (Phi) is 7.53. The Morgan fingerprint density at radius 1 is 1.17 bits per heavy atom. The van der Waals surface area contributed by atoms with Gasteiger partial charge in [-0.3, -0.25) is 14.5 Å². The molecule has 1 aliphatic rings. The van der Waals surface area contributed by atoms with Gasteiger partial charge in [0, 0.05) is 37.7 Å². The second kappa shape index (κ2) is 9.64. The molecule has 5 nitrogen and oxygen atoms in total. The molecule has 0 bridgehead atoms. The molecule has 2 amide bonds. The molecule has 0 spiro atoms. The highest BCUT2D eigenvalue weighted by molar-refractivity contribution is 6.31. The Hall–Kier alpha value is -1.59. The predicted octanol–water partition coefficient (Wildman–Crippen LogP) is 1.94. The molecule has 0 unspecified atom stereocenters. The molecule has 1 N–H and O–H groups in total. The molecule has 6 heteroatoms. The monoisotopic (exact) mass is 351 g/mol. The first-order chi connectivity index (χ1) is 11.6. The Balaban J connectivity index is 1.73. The normalized spacial score (nSPS) is 15.3. The fraction of sp³-hybridized carbons (Fsp3) is 0.556. The van der Waals surface area contributed by atoms with Crippen molar-refractivity contribution in [3.8, 4) is 0 Å². The standard InChI is InChI=1S/C18H26ClN3O2/c1-2-3-8-20-17(23)14-21-9-11-22(12-10-21)18(24)13-15-6-4-5-7-16(15)19/h4-7H,2-3,8-14H2,1H3,(H,20,23). The molecule has 1 fully saturated rings. The van der Waals surface area contributed by atoms with Crippen molar-refractivity contribution in [3.05, 3.63) is 34.9 Å². The molecule has 0 aliphatic carbocycles. The molecule has 2 rings (SSSR count). The van der Waals surface area contributed by atoms with Crippen LogP contribution in [0.15, 0.2) is 24.3 Å². The number of carbonyl (C=O) groups is 2. The van der Waals surface area contributed by atoms with Crippen LogP contribution in [0.4, 0.5) is 0 Å². The van der Waals surface area contributed by atoms with Crippen molar-refractivity contribution in [2.45, 2.75) is 26.2 Å². The number of piperazine rings is 1. The summed E-state index contributed by atoms with van der Waals surface area (Å²) in [4.78, 5) is 28.2. The van der Waals surface area contributed by atoms with Crippen LogP contribution in [0.25, 0.3) is 0 Å². The van der Waals surface area contributed by atoms with Crippen molar-refractivity contribution in [2.24, 2.45) is 0 Å². The van der Waals surface area contributed by atoms with Gasteiger partial charge in [-0.2, -0.15) is 0 Å². The molecule has 0 radical (unpaired) electrons.